The molecule has 1 heterocycles. The Hall–Kier alpha value is -2.60. The molecule has 118 valence electrons. The summed E-state index contributed by atoms with van der Waals surface area (Å²) < 4.78 is 10.9. The molecule has 1 aromatic heterocycles. The van der Waals surface area contributed by atoms with Crippen molar-refractivity contribution < 1.29 is 9.47 Å². The van der Waals surface area contributed by atoms with E-state index in [1.807, 2.05) is 25.1 Å². The van der Waals surface area contributed by atoms with E-state index in [2.05, 4.69) is 20.7 Å². The molecule has 0 saturated carbocycles. The Bertz CT molecular complexity index is 824. The molecule has 2 aromatic carbocycles. The highest BCUT2D eigenvalue weighted by Crippen LogP contribution is 2.34. The lowest BCUT2D eigenvalue weighted by Crippen LogP contribution is -2.01. The second kappa shape index (κ2) is 6.66. The van der Waals surface area contributed by atoms with Crippen molar-refractivity contribution in [2.24, 2.45) is 0 Å². The fourth-order valence-electron chi connectivity index (χ4n) is 2.18. The molecule has 0 atom stereocenters. The Morgan fingerprint density at radius 2 is 1.87 bits per heavy atom. The molecule has 0 fully saturated rings. The smallest absolute Gasteiger partial charge is 0.164 e. The van der Waals surface area contributed by atoms with Crippen LogP contribution in [0.3, 0.4) is 0 Å². The molecule has 3 rings (SSSR count). The van der Waals surface area contributed by atoms with Crippen molar-refractivity contribution in [2.45, 2.75) is 6.92 Å². The van der Waals surface area contributed by atoms with Crippen molar-refractivity contribution in [3.8, 4) is 11.5 Å². The third-order valence-electron chi connectivity index (χ3n) is 3.24. The summed E-state index contributed by atoms with van der Waals surface area (Å²) in [6, 6.07) is 11.0. The van der Waals surface area contributed by atoms with E-state index >= 15 is 0 Å². The zero-order chi connectivity index (χ0) is 16.2. The van der Waals surface area contributed by atoms with Crippen LogP contribution in [0.5, 0.6) is 11.5 Å². The summed E-state index contributed by atoms with van der Waals surface area (Å²) in [5.41, 5.74) is 1.52. The number of nitrogens with zero attached hydrogens (tertiary/aromatic N) is 3. The van der Waals surface area contributed by atoms with E-state index < -0.39 is 0 Å². The Labute approximate surface area is 138 Å². The van der Waals surface area contributed by atoms with Gasteiger partial charge in [0.1, 0.15) is 5.52 Å². The Morgan fingerprint density at radius 3 is 2.57 bits per heavy atom. The van der Waals surface area contributed by atoms with Crippen molar-refractivity contribution >= 4 is 34.0 Å². The van der Waals surface area contributed by atoms with Gasteiger partial charge in [0, 0.05) is 16.8 Å². The van der Waals surface area contributed by atoms with Crippen molar-refractivity contribution in [2.75, 3.05) is 19.0 Å². The highest BCUT2D eigenvalue weighted by Gasteiger charge is 2.12. The number of fused-ring (bicyclic) bond motifs is 1. The van der Waals surface area contributed by atoms with Crippen molar-refractivity contribution in [1.29, 1.82) is 0 Å². The second-order valence-corrected chi connectivity index (χ2v) is 5.16. The number of hydrogen-bond acceptors (Lipinski definition) is 6. The quantitative estimate of drug-likeness (QED) is 0.766. The molecule has 3 aromatic rings. The maximum absolute atomic E-state index is 5.90. The summed E-state index contributed by atoms with van der Waals surface area (Å²) in [5, 5.41) is 16.6. The molecular formula is C16H15ClN4O2. The molecule has 0 aliphatic heterocycles. The van der Waals surface area contributed by atoms with Gasteiger partial charge < -0.3 is 14.8 Å². The number of anilines is 2. The molecule has 23 heavy (non-hydrogen) atoms. The normalized spacial score (nSPS) is 10.6. The molecule has 1 N–H and O–H groups in total. The lowest BCUT2D eigenvalue weighted by atomic mass is 10.2. The number of halogens is 1. The second-order valence-electron chi connectivity index (χ2n) is 4.72. The van der Waals surface area contributed by atoms with Crippen LogP contribution in [0.4, 0.5) is 11.5 Å². The van der Waals surface area contributed by atoms with Gasteiger partial charge in [-0.05, 0) is 42.5 Å². The van der Waals surface area contributed by atoms with Gasteiger partial charge in [-0.2, -0.15) is 0 Å². The summed E-state index contributed by atoms with van der Waals surface area (Å²) in [4.78, 5) is 0. The summed E-state index contributed by atoms with van der Waals surface area (Å²) in [7, 11) is 1.60. The van der Waals surface area contributed by atoms with Gasteiger partial charge in [-0.15, -0.1) is 10.2 Å². The minimum Gasteiger partial charge on any atom is -0.493 e. The number of ether oxygens (including phenoxy) is 2. The van der Waals surface area contributed by atoms with E-state index in [1.165, 1.54) is 0 Å². The van der Waals surface area contributed by atoms with Crippen LogP contribution in [-0.4, -0.2) is 29.1 Å². The lowest BCUT2D eigenvalue weighted by Gasteiger charge is -2.12. The average Bonchev–Trinajstić information content (AvgIpc) is 2.57. The van der Waals surface area contributed by atoms with Crippen LogP contribution < -0.4 is 14.8 Å². The SMILES string of the molecule is CCOc1cc2nnnc(Nc3ccc(Cl)cc3)c2cc1OC. The molecule has 0 radical (unpaired) electrons. The highest BCUT2D eigenvalue weighted by molar-refractivity contribution is 6.30. The van der Waals surface area contributed by atoms with Crippen molar-refractivity contribution in [3.05, 3.63) is 41.4 Å². The third kappa shape index (κ3) is 3.27. The van der Waals surface area contributed by atoms with Crippen LogP contribution in [0.15, 0.2) is 36.4 Å². The summed E-state index contributed by atoms with van der Waals surface area (Å²) >= 11 is 5.90. The lowest BCUT2D eigenvalue weighted by molar-refractivity contribution is 0.311. The maximum atomic E-state index is 5.90. The van der Waals surface area contributed by atoms with Gasteiger partial charge in [0.15, 0.2) is 17.3 Å². The zero-order valence-corrected chi connectivity index (χ0v) is 13.5. The van der Waals surface area contributed by atoms with E-state index in [1.54, 1.807) is 25.3 Å². The van der Waals surface area contributed by atoms with E-state index in [9.17, 15) is 0 Å². The Kier molecular flexibility index (Phi) is 4.43. The van der Waals surface area contributed by atoms with Crippen molar-refractivity contribution in [1.82, 2.24) is 15.4 Å². The topological polar surface area (TPSA) is 69.2 Å². The van der Waals surface area contributed by atoms with Crippen LogP contribution in [0.25, 0.3) is 10.9 Å². The number of nitrogens with one attached hydrogen (secondary N) is 1. The zero-order valence-electron chi connectivity index (χ0n) is 12.7. The first-order valence-corrected chi connectivity index (χ1v) is 7.45. The molecule has 0 aliphatic carbocycles. The van der Waals surface area contributed by atoms with E-state index in [4.69, 9.17) is 21.1 Å². The molecular weight excluding hydrogens is 316 g/mol. The number of methoxy groups -OCH3 is 1. The largest absolute Gasteiger partial charge is 0.493 e. The van der Waals surface area contributed by atoms with Gasteiger partial charge >= 0.3 is 0 Å². The number of rotatable bonds is 5. The molecule has 6 nitrogen and oxygen atoms in total. The minimum atomic E-state index is 0.538. The minimum absolute atomic E-state index is 0.538. The fraction of sp³-hybridized carbons (Fsp3) is 0.188. The van der Waals surface area contributed by atoms with E-state index in [0.717, 1.165) is 11.1 Å². The first-order valence-electron chi connectivity index (χ1n) is 7.07. The van der Waals surface area contributed by atoms with Gasteiger partial charge in [-0.25, -0.2) is 0 Å². The van der Waals surface area contributed by atoms with Gasteiger partial charge in [-0.3, -0.25) is 0 Å². The first kappa shape index (κ1) is 15.3. The molecule has 0 bridgehead atoms. The van der Waals surface area contributed by atoms with Crippen LogP contribution >= 0.6 is 11.6 Å². The molecule has 0 saturated heterocycles. The first-order chi connectivity index (χ1) is 11.2. The molecule has 0 unspecified atom stereocenters. The molecule has 0 aliphatic rings. The Morgan fingerprint density at radius 1 is 1.09 bits per heavy atom. The van der Waals surface area contributed by atoms with E-state index in [0.29, 0.717) is 34.5 Å². The molecule has 0 spiro atoms. The van der Waals surface area contributed by atoms with Gasteiger partial charge in [0.05, 0.1) is 19.1 Å². The van der Waals surface area contributed by atoms with Gasteiger partial charge in [0.25, 0.3) is 0 Å². The standard InChI is InChI=1S/C16H15ClN4O2/c1-3-23-15-9-13-12(8-14(15)22-2)16(20-21-19-13)18-11-6-4-10(17)5-7-11/h4-9H,3H2,1-2H3,(H,18,19,20). The monoisotopic (exact) mass is 330 g/mol. The molecule has 0 amide bonds. The predicted molar refractivity (Wildman–Crippen MR) is 89.8 cm³/mol. The Balaban J connectivity index is 2.05. The van der Waals surface area contributed by atoms with Crippen LogP contribution in [-0.2, 0) is 0 Å². The van der Waals surface area contributed by atoms with Crippen LogP contribution in [0, 0.1) is 0 Å². The third-order valence-corrected chi connectivity index (χ3v) is 3.49. The van der Waals surface area contributed by atoms with E-state index in [-0.39, 0.29) is 0 Å². The molecule has 7 heteroatoms. The highest BCUT2D eigenvalue weighted by atomic mass is 35.5. The predicted octanol–water partition coefficient (Wildman–Crippen LogP) is 3.83. The van der Waals surface area contributed by atoms with Crippen molar-refractivity contribution in [3.63, 3.8) is 0 Å². The number of aromatic nitrogens is 3. The van der Waals surface area contributed by atoms with Gasteiger partial charge in [-0.1, -0.05) is 11.6 Å². The van der Waals surface area contributed by atoms with Gasteiger partial charge in [0.2, 0.25) is 0 Å². The fourth-order valence-corrected chi connectivity index (χ4v) is 2.31. The average molecular weight is 331 g/mol. The van der Waals surface area contributed by atoms with Crippen LogP contribution in [0.1, 0.15) is 6.92 Å². The summed E-state index contributed by atoms with van der Waals surface area (Å²) in [5.74, 6) is 1.83. The number of benzene rings is 2. The van der Waals surface area contributed by atoms with Crippen LogP contribution in [0.2, 0.25) is 5.02 Å². The summed E-state index contributed by atoms with van der Waals surface area (Å²) in [6.07, 6.45) is 0. The summed E-state index contributed by atoms with van der Waals surface area (Å²) in [6.45, 7) is 2.45. The number of hydrogen-bond donors (Lipinski definition) is 1. The maximum Gasteiger partial charge on any atom is 0.164 e.